The lowest BCUT2D eigenvalue weighted by Gasteiger charge is -2.30. The molecule has 0 spiro atoms. The van der Waals surface area contributed by atoms with Crippen LogP contribution < -0.4 is 10.6 Å². The number of carbonyl (C=O) groups excluding carboxylic acids is 1. The number of thioether (sulfide) groups is 1. The molecule has 0 radical (unpaired) electrons. The van der Waals surface area contributed by atoms with Crippen LogP contribution in [0.4, 0.5) is 0 Å². The van der Waals surface area contributed by atoms with E-state index in [9.17, 15) is 4.79 Å². The van der Waals surface area contributed by atoms with Crippen molar-refractivity contribution in [1.29, 1.82) is 0 Å². The molecule has 1 fully saturated rings. The summed E-state index contributed by atoms with van der Waals surface area (Å²) >= 11 is 1.49. The number of nitrogens with zero attached hydrogens (tertiary/aromatic N) is 2. The largest absolute Gasteiger partial charge is 0.361 e. The maximum atomic E-state index is 12.7. The van der Waals surface area contributed by atoms with E-state index in [-0.39, 0.29) is 42.8 Å². The summed E-state index contributed by atoms with van der Waals surface area (Å²) < 4.78 is 5.07. The van der Waals surface area contributed by atoms with Gasteiger partial charge in [0.15, 0.2) is 0 Å². The second-order valence-corrected chi connectivity index (χ2v) is 7.00. The van der Waals surface area contributed by atoms with Gasteiger partial charge in [-0.1, -0.05) is 16.9 Å². The third-order valence-electron chi connectivity index (χ3n) is 4.13. The molecule has 0 aliphatic carbocycles. The Hall–Kier alpha value is -1.28. The van der Waals surface area contributed by atoms with E-state index >= 15 is 0 Å². The lowest BCUT2D eigenvalue weighted by molar-refractivity contribution is 0.0916. The molecule has 1 aliphatic heterocycles. The number of carbonyl (C=O) groups is 1. The number of nitrogens with one attached hydrogen (secondary N) is 2. The van der Waals surface area contributed by atoms with Crippen molar-refractivity contribution in [3.05, 3.63) is 41.4 Å². The summed E-state index contributed by atoms with van der Waals surface area (Å²) in [6, 6.07) is 5.95. The molecule has 1 saturated heterocycles. The topological polar surface area (TPSA) is 80.0 Å². The first-order chi connectivity index (χ1) is 11.6. The number of amides is 1. The number of pyridine rings is 1. The van der Waals surface area contributed by atoms with Crippen molar-refractivity contribution < 1.29 is 9.32 Å². The Balaban J connectivity index is 0.00000169. The van der Waals surface area contributed by atoms with E-state index in [4.69, 9.17) is 4.52 Å². The zero-order valence-electron chi connectivity index (χ0n) is 14.7. The molecule has 0 aromatic carbocycles. The van der Waals surface area contributed by atoms with Gasteiger partial charge < -0.3 is 15.2 Å². The number of hydrogen-bond acceptors (Lipinski definition) is 6. The standard InChI is InChI=1S/C17H22N4O2S.2ClH/c1-11-9-13(21-23-11)10-24-17-14(5-3-8-19-17)16(22)20-15-6-4-7-18-12(15)2;;/h3,5,8-9,12,15,18H,4,6-7,10H2,1-2H3,(H,20,22);2*1H. The van der Waals surface area contributed by atoms with Gasteiger partial charge in [-0.3, -0.25) is 4.79 Å². The van der Waals surface area contributed by atoms with Crippen molar-refractivity contribution in [1.82, 2.24) is 20.8 Å². The van der Waals surface area contributed by atoms with Crippen molar-refractivity contribution in [2.45, 2.75) is 49.6 Å². The normalized spacial score (nSPS) is 19.2. The molecule has 3 heterocycles. The van der Waals surface area contributed by atoms with E-state index in [1.807, 2.05) is 19.1 Å². The van der Waals surface area contributed by atoms with E-state index in [0.717, 1.165) is 30.8 Å². The van der Waals surface area contributed by atoms with Gasteiger partial charge >= 0.3 is 0 Å². The predicted molar refractivity (Wildman–Crippen MR) is 107 cm³/mol. The molecule has 6 nitrogen and oxygen atoms in total. The summed E-state index contributed by atoms with van der Waals surface area (Å²) in [5, 5.41) is 11.2. The Kier molecular flexibility index (Phi) is 9.43. The summed E-state index contributed by atoms with van der Waals surface area (Å²) in [6.07, 6.45) is 3.79. The Morgan fingerprint density at radius 3 is 2.96 bits per heavy atom. The van der Waals surface area contributed by atoms with Crippen molar-refractivity contribution >= 4 is 42.5 Å². The maximum absolute atomic E-state index is 12.7. The van der Waals surface area contributed by atoms with Gasteiger partial charge in [-0.2, -0.15) is 0 Å². The molecule has 1 aliphatic rings. The van der Waals surface area contributed by atoms with Gasteiger partial charge in [0.1, 0.15) is 10.8 Å². The predicted octanol–water partition coefficient (Wildman–Crippen LogP) is 3.38. The number of aromatic nitrogens is 2. The molecule has 3 rings (SSSR count). The summed E-state index contributed by atoms with van der Waals surface area (Å²) in [5.41, 5.74) is 1.46. The monoisotopic (exact) mass is 418 g/mol. The minimum Gasteiger partial charge on any atom is -0.361 e. The van der Waals surface area contributed by atoms with E-state index in [1.165, 1.54) is 11.8 Å². The fraction of sp³-hybridized carbons (Fsp3) is 0.471. The molecule has 2 aromatic heterocycles. The van der Waals surface area contributed by atoms with E-state index in [1.54, 1.807) is 12.3 Å². The number of aryl methyl sites for hydroxylation is 1. The highest BCUT2D eigenvalue weighted by molar-refractivity contribution is 7.98. The molecule has 2 aromatic rings. The Bertz CT molecular complexity index is 714. The first-order valence-electron chi connectivity index (χ1n) is 8.18. The third-order valence-corrected chi connectivity index (χ3v) is 5.17. The summed E-state index contributed by atoms with van der Waals surface area (Å²) in [5.74, 6) is 1.33. The molecule has 26 heavy (non-hydrogen) atoms. The zero-order valence-corrected chi connectivity index (χ0v) is 17.2. The van der Waals surface area contributed by atoms with Crippen LogP contribution in [0, 0.1) is 6.92 Å². The van der Waals surface area contributed by atoms with Gasteiger partial charge in [-0.25, -0.2) is 4.98 Å². The van der Waals surface area contributed by atoms with Gasteiger partial charge in [0.25, 0.3) is 5.91 Å². The first kappa shape index (κ1) is 22.8. The van der Waals surface area contributed by atoms with E-state index in [2.05, 4.69) is 27.7 Å². The first-order valence-corrected chi connectivity index (χ1v) is 9.16. The second-order valence-electron chi connectivity index (χ2n) is 6.04. The van der Waals surface area contributed by atoms with Crippen LogP contribution in [-0.4, -0.2) is 34.7 Å². The molecule has 2 atom stereocenters. The molecule has 1 amide bonds. The minimum atomic E-state index is -0.0671. The van der Waals surface area contributed by atoms with Crippen molar-refractivity contribution in [3.63, 3.8) is 0 Å². The average Bonchev–Trinajstić information content (AvgIpc) is 3.01. The van der Waals surface area contributed by atoms with Crippen LogP contribution in [0.2, 0.25) is 0 Å². The molecule has 2 unspecified atom stereocenters. The maximum Gasteiger partial charge on any atom is 0.254 e. The van der Waals surface area contributed by atoms with Crippen molar-refractivity contribution in [2.75, 3.05) is 6.54 Å². The minimum absolute atomic E-state index is 0. The van der Waals surface area contributed by atoms with Crippen LogP contribution in [-0.2, 0) is 5.75 Å². The number of piperidine rings is 1. The van der Waals surface area contributed by atoms with Crippen LogP contribution in [0.25, 0.3) is 0 Å². The zero-order chi connectivity index (χ0) is 16.9. The van der Waals surface area contributed by atoms with Crippen LogP contribution in [0.1, 0.15) is 41.6 Å². The number of rotatable bonds is 5. The quantitative estimate of drug-likeness (QED) is 0.724. The summed E-state index contributed by atoms with van der Waals surface area (Å²) in [6.45, 7) is 4.98. The molecular formula is C17H24Cl2N4O2S. The lowest BCUT2D eigenvalue weighted by atomic mass is 9.99. The number of halogens is 2. The Morgan fingerprint density at radius 2 is 2.27 bits per heavy atom. The van der Waals surface area contributed by atoms with Crippen molar-refractivity contribution in [3.8, 4) is 0 Å². The van der Waals surface area contributed by atoms with Gasteiger partial charge in [-0.15, -0.1) is 24.8 Å². The fourth-order valence-corrected chi connectivity index (χ4v) is 3.67. The van der Waals surface area contributed by atoms with Crippen LogP contribution in [0.15, 0.2) is 33.9 Å². The van der Waals surface area contributed by atoms with Crippen LogP contribution >= 0.6 is 36.6 Å². The Labute approximate surface area is 170 Å². The highest BCUT2D eigenvalue weighted by Crippen LogP contribution is 2.24. The molecular weight excluding hydrogens is 395 g/mol. The fourth-order valence-electron chi connectivity index (χ4n) is 2.79. The van der Waals surface area contributed by atoms with E-state index < -0.39 is 0 Å². The molecule has 2 N–H and O–H groups in total. The highest BCUT2D eigenvalue weighted by atomic mass is 35.5. The average molecular weight is 419 g/mol. The molecule has 0 saturated carbocycles. The summed E-state index contributed by atoms with van der Waals surface area (Å²) in [7, 11) is 0. The van der Waals surface area contributed by atoms with Gasteiger partial charge in [0.05, 0.1) is 11.3 Å². The van der Waals surface area contributed by atoms with Crippen LogP contribution in [0.5, 0.6) is 0 Å². The SMILES string of the molecule is Cc1cc(CSc2ncccc2C(=O)NC2CCCNC2C)no1.Cl.Cl. The summed E-state index contributed by atoms with van der Waals surface area (Å²) in [4.78, 5) is 17.0. The molecule has 9 heteroatoms. The highest BCUT2D eigenvalue weighted by Gasteiger charge is 2.24. The second kappa shape index (κ2) is 10.8. The van der Waals surface area contributed by atoms with Gasteiger partial charge in [0.2, 0.25) is 0 Å². The lowest BCUT2D eigenvalue weighted by Crippen LogP contribution is -2.52. The Morgan fingerprint density at radius 1 is 1.46 bits per heavy atom. The molecule has 144 valence electrons. The van der Waals surface area contributed by atoms with Crippen molar-refractivity contribution in [2.24, 2.45) is 0 Å². The van der Waals surface area contributed by atoms with E-state index in [0.29, 0.717) is 16.3 Å². The van der Waals surface area contributed by atoms with Gasteiger partial charge in [0, 0.05) is 30.1 Å². The third kappa shape index (κ3) is 5.87. The smallest absolute Gasteiger partial charge is 0.254 e. The van der Waals surface area contributed by atoms with Crippen LogP contribution in [0.3, 0.4) is 0 Å². The molecule has 0 bridgehead atoms. The van der Waals surface area contributed by atoms with Gasteiger partial charge in [-0.05, 0) is 45.4 Å². The number of hydrogen-bond donors (Lipinski definition) is 2.